The molecule has 7 nitrogen and oxygen atoms in total. The Bertz CT molecular complexity index is 867. The first-order valence-electron chi connectivity index (χ1n) is 6.93. The fraction of sp³-hybridized carbons (Fsp3) is 0.125. The molecule has 0 aliphatic rings. The molecule has 3 rings (SSSR count). The smallest absolute Gasteiger partial charge is 0.271 e. The molecule has 0 bridgehead atoms. The summed E-state index contributed by atoms with van der Waals surface area (Å²) in [4.78, 5) is 27.6. The minimum atomic E-state index is -0.348. The van der Waals surface area contributed by atoms with Crippen LogP contribution < -0.4 is 10.9 Å². The number of carbonyl (C=O) groups excluding carboxylic acids is 1. The first-order valence-corrected chi connectivity index (χ1v) is 6.93. The highest BCUT2D eigenvalue weighted by Gasteiger charge is 2.08. The van der Waals surface area contributed by atoms with Gasteiger partial charge in [0.2, 0.25) is 0 Å². The van der Waals surface area contributed by atoms with Gasteiger partial charge in [0, 0.05) is 31.4 Å². The molecule has 0 unspecified atom stereocenters. The summed E-state index contributed by atoms with van der Waals surface area (Å²) >= 11 is 0. The van der Waals surface area contributed by atoms with Gasteiger partial charge in [0.05, 0.1) is 18.2 Å². The Balaban J connectivity index is 1.64. The van der Waals surface area contributed by atoms with E-state index in [1.54, 1.807) is 18.7 Å². The van der Waals surface area contributed by atoms with Crippen LogP contribution in [-0.4, -0.2) is 20.7 Å². The molecule has 116 valence electrons. The van der Waals surface area contributed by atoms with E-state index in [4.69, 9.17) is 4.42 Å². The molecule has 0 fully saturated rings. The average Bonchev–Trinajstić information content (AvgIpc) is 3.10. The number of hydrogen-bond donors (Lipinski definition) is 1. The van der Waals surface area contributed by atoms with E-state index in [0.29, 0.717) is 6.54 Å². The van der Waals surface area contributed by atoms with Crippen molar-refractivity contribution in [2.75, 3.05) is 0 Å². The molecule has 0 aliphatic heterocycles. The molecular formula is C16H14N4O3. The summed E-state index contributed by atoms with van der Waals surface area (Å²) in [6.45, 7) is 0.321. The molecule has 0 aromatic carbocycles. The number of hydrogen-bond acceptors (Lipinski definition) is 5. The van der Waals surface area contributed by atoms with Crippen molar-refractivity contribution in [3.05, 3.63) is 70.7 Å². The molecule has 1 N–H and O–H groups in total. The third-order valence-corrected chi connectivity index (χ3v) is 3.29. The number of pyridine rings is 1. The molecule has 1 amide bonds. The SMILES string of the molecule is Cn1nc(C(=O)NCc2ccc(-c3ccoc3)nc2)ccc1=O. The molecular weight excluding hydrogens is 296 g/mol. The van der Waals surface area contributed by atoms with Gasteiger partial charge in [-0.1, -0.05) is 6.07 Å². The molecule has 0 spiro atoms. The Morgan fingerprint density at radius 1 is 1.26 bits per heavy atom. The van der Waals surface area contributed by atoms with Gasteiger partial charge < -0.3 is 9.73 Å². The fourth-order valence-corrected chi connectivity index (χ4v) is 2.01. The van der Waals surface area contributed by atoms with Gasteiger partial charge in [-0.25, -0.2) is 4.68 Å². The second-order valence-corrected chi connectivity index (χ2v) is 4.93. The maximum atomic E-state index is 12.0. The highest BCUT2D eigenvalue weighted by Crippen LogP contribution is 2.16. The van der Waals surface area contributed by atoms with Gasteiger partial charge in [-0.3, -0.25) is 14.6 Å². The van der Waals surface area contributed by atoms with E-state index in [-0.39, 0.29) is 17.2 Å². The summed E-state index contributed by atoms with van der Waals surface area (Å²) in [5.41, 5.74) is 2.48. The van der Waals surface area contributed by atoms with Crippen molar-refractivity contribution in [3.63, 3.8) is 0 Å². The zero-order chi connectivity index (χ0) is 16.2. The molecule has 3 aromatic rings. The Morgan fingerprint density at radius 3 is 2.78 bits per heavy atom. The van der Waals surface area contributed by atoms with Gasteiger partial charge in [0.15, 0.2) is 0 Å². The van der Waals surface area contributed by atoms with E-state index < -0.39 is 0 Å². The van der Waals surface area contributed by atoms with Crippen LogP contribution in [0.5, 0.6) is 0 Å². The molecule has 23 heavy (non-hydrogen) atoms. The Labute approximate surface area is 131 Å². The van der Waals surface area contributed by atoms with Crippen molar-refractivity contribution < 1.29 is 9.21 Å². The minimum Gasteiger partial charge on any atom is -0.472 e. The second kappa shape index (κ2) is 6.27. The van der Waals surface area contributed by atoms with E-state index >= 15 is 0 Å². The summed E-state index contributed by atoms with van der Waals surface area (Å²) in [5.74, 6) is -0.348. The third kappa shape index (κ3) is 3.34. The second-order valence-electron chi connectivity index (χ2n) is 4.93. The number of aromatic nitrogens is 3. The van der Waals surface area contributed by atoms with Crippen LogP contribution in [0.2, 0.25) is 0 Å². The maximum absolute atomic E-state index is 12.0. The topological polar surface area (TPSA) is 90.0 Å². The maximum Gasteiger partial charge on any atom is 0.271 e. The zero-order valence-corrected chi connectivity index (χ0v) is 12.4. The van der Waals surface area contributed by atoms with Crippen LogP contribution in [0, 0.1) is 0 Å². The molecule has 3 aromatic heterocycles. The lowest BCUT2D eigenvalue weighted by Gasteiger charge is -2.06. The lowest BCUT2D eigenvalue weighted by Crippen LogP contribution is -2.28. The fourth-order valence-electron chi connectivity index (χ4n) is 2.01. The number of nitrogens with one attached hydrogen (secondary N) is 1. The summed E-state index contributed by atoms with van der Waals surface area (Å²) in [7, 11) is 1.50. The highest BCUT2D eigenvalue weighted by atomic mass is 16.3. The lowest BCUT2D eigenvalue weighted by atomic mass is 10.2. The number of rotatable bonds is 4. The number of amides is 1. The first-order chi connectivity index (χ1) is 11.1. The van der Waals surface area contributed by atoms with Crippen LogP contribution in [0.3, 0.4) is 0 Å². The van der Waals surface area contributed by atoms with E-state index in [1.807, 2.05) is 18.2 Å². The molecule has 0 saturated heterocycles. The Kier molecular flexibility index (Phi) is 4.01. The predicted octanol–water partition coefficient (Wildman–Crippen LogP) is 1.37. The largest absolute Gasteiger partial charge is 0.472 e. The third-order valence-electron chi connectivity index (χ3n) is 3.29. The van der Waals surface area contributed by atoms with Gasteiger partial charge in [-0.2, -0.15) is 5.10 Å². The predicted molar refractivity (Wildman–Crippen MR) is 82.6 cm³/mol. The Morgan fingerprint density at radius 2 is 2.13 bits per heavy atom. The van der Waals surface area contributed by atoms with E-state index in [9.17, 15) is 9.59 Å². The van der Waals surface area contributed by atoms with Gasteiger partial charge in [-0.15, -0.1) is 0 Å². The van der Waals surface area contributed by atoms with Crippen LogP contribution in [0.25, 0.3) is 11.3 Å². The molecule has 0 saturated carbocycles. The van der Waals surface area contributed by atoms with Crippen LogP contribution in [0.15, 0.2) is 58.3 Å². The van der Waals surface area contributed by atoms with Crippen molar-refractivity contribution >= 4 is 5.91 Å². The summed E-state index contributed by atoms with van der Waals surface area (Å²) in [5, 5.41) is 6.64. The molecule has 0 atom stereocenters. The number of furan rings is 1. The highest BCUT2D eigenvalue weighted by molar-refractivity contribution is 5.91. The van der Waals surface area contributed by atoms with Crippen molar-refractivity contribution in [2.45, 2.75) is 6.54 Å². The molecule has 0 aliphatic carbocycles. The molecule has 0 radical (unpaired) electrons. The van der Waals surface area contributed by atoms with Crippen molar-refractivity contribution in [1.29, 1.82) is 0 Å². The van der Waals surface area contributed by atoms with E-state index in [1.165, 1.54) is 19.2 Å². The Hall–Kier alpha value is -3.22. The number of nitrogens with zero attached hydrogens (tertiary/aromatic N) is 3. The van der Waals surface area contributed by atoms with E-state index in [0.717, 1.165) is 21.5 Å². The standard InChI is InChI=1S/C16H14N4O3/c1-20-15(21)5-4-14(19-20)16(22)18-9-11-2-3-13(17-8-11)12-6-7-23-10-12/h2-8,10H,9H2,1H3,(H,18,22). The van der Waals surface area contributed by atoms with Crippen LogP contribution in [-0.2, 0) is 13.6 Å². The van der Waals surface area contributed by atoms with Gasteiger partial charge in [-0.05, 0) is 23.8 Å². The van der Waals surface area contributed by atoms with Gasteiger partial charge in [0.1, 0.15) is 5.69 Å². The summed E-state index contributed by atoms with van der Waals surface area (Å²) < 4.78 is 6.14. The number of carbonyl (C=O) groups is 1. The normalized spacial score (nSPS) is 10.5. The first kappa shape index (κ1) is 14.7. The quantitative estimate of drug-likeness (QED) is 0.786. The van der Waals surface area contributed by atoms with E-state index in [2.05, 4.69) is 15.4 Å². The monoisotopic (exact) mass is 310 g/mol. The van der Waals surface area contributed by atoms with Crippen molar-refractivity contribution in [2.24, 2.45) is 7.05 Å². The van der Waals surface area contributed by atoms with Gasteiger partial charge >= 0.3 is 0 Å². The average molecular weight is 310 g/mol. The van der Waals surface area contributed by atoms with Gasteiger partial charge in [0.25, 0.3) is 11.5 Å². The zero-order valence-electron chi connectivity index (χ0n) is 12.4. The van der Waals surface area contributed by atoms with Crippen LogP contribution >= 0.6 is 0 Å². The summed E-state index contributed by atoms with van der Waals surface area (Å²) in [6, 6.07) is 8.27. The van der Waals surface area contributed by atoms with Crippen LogP contribution in [0.4, 0.5) is 0 Å². The van der Waals surface area contributed by atoms with Crippen molar-refractivity contribution in [3.8, 4) is 11.3 Å². The summed E-state index contributed by atoms with van der Waals surface area (Å²) in [6.07, 6.45) is 4.90. The molecule has 3 heterocycles. The lowest BCUT2D eigenvalue weighted by molar-refractivity contribution is 0.0943. The van der Waals surface area contributed by atoms with Crippen molar-refractivity contribution in [1.82, 2.24) is 20.1 Å². The molecule has 7 heteroatoms. The number of aryl methyl sites for hydroxylation is 1. The minimum absolute atomic E-state index is 0.190. The van der Waals surface area contributed by atoms with Crippen LogP contribution in [0.1, 0.15) is 16.1 Å².